The first kappa shape index (κ1) is 18.1. The molecule has 0 bridgehead atoms. The van der Waals surface area contributed by atoms with Crippen molar-refractivity contribution >= 4 is 33.1 Å². The van der Waals surface area contributed by atoms with Crippen molar-refractivity contribution in [2.75, 3.05) is 5.32 Å². The largest absolute Gasteiger partial charge is 0.325 e. The van der Waals surface area contributed by atoms with E-state index in [1.807, 2.05) is 60.0 Å². The molecule has 0 aliphatic rings. The van der Waals surface area contributed by atoms with Gasteiger partial charge in [-0.25, -0.2) is 4.98 Å². The molecule has 0 aliphatic heterocycles. The number of fused-ring (bicyclic) bond motifs is 1. The Morgan fingerprint density at radius 3 is 2.75 bits per heavy atom. The van der Waals surface area contributed by atoms with Crippen LogP contribution in [0.4, 0.5) is 5.69 Å². The van der Waals surface area contributed by atoms with Gasteiger partial charge in [-0.1, -0.05) is 49.4 Å². The molecule has 0 fully saturated rings. The molecule has 0 saturated heterocycles. The van der Waals surface area contributed by atoms with Gasteiger partial charge in [0.2, 0.25) is 5.91 Å². The Hall–Kier alpha value is -3.25. The molecule has 4 rings (SSSR count). The predicted octanol–water partition coefficient (Wildman–Crippen LogP) is 4.33. The lowest BCUT2D eigenvalue weighted by Crippen LogP contribution is -2.27. The zero-order valence-electron chi connectivity index (χ0n) is 15.4. The number of nitrogens with one attached hydrogen (secondary N) is 1. The van der Waals surface area contributed by atoms with Crippen molar-refractivity contribution in [2.45, 2.75) is 19.9 Å². The Balaban J connectivity index is 1.63. The summed E-state index contributed by atoms with van der Waals surface area (Å²) in [6, 6.07) is 17.4. The Labute approximate surface area is 166 Å². The maximum absolute atomic E-state index is 13.0. The molecular formula is C22H19N3O2S. The zero-order valence-corrected chi connectivity index (χ0v) is 16.2. The maximum atomic E-state index is 13.0. The fourth-order valence-corrected chi connectivity index (χ4v) is 4.04. The molecule has 0 saturated carbocycles. The topological polar surface area (TPSA) is 64.0 Å². The molecule has 0 aliphatic carbocycles. The second-order valence-electron chi connectivity index (χ2n) is 6.48. The first-order valence-corrected chi connectivity index (χ1v) is 9.94. The van der Waals surface area contributed by atoms with Crippen LogP contribution in [0.3, 0.4) is 0 Å². The first-order chi connectivity index (χ1) is 13.7. The summed E-state index contributed by atoms with van der Waals surface area (Å²) in [5, 5.41) is 5.35. The molecule has 2 aromatic heterocycles. The number of benzene rings is 2. The van der Waals surface area contributed by atoms with Crippen molar-refractivity contribution in [1.29, 1.82) is 0 Å². The molecule has 140 valence electrons. The molecule has 1 amide bonds. The van der Waals surface area contributed by atoms with Crippen LogP contribution >= 0.6 is 11.3 Å². The molecule has 2 aromatic carbocycles. The maximum Gasteiger partial charge on any atom is 0.263 e. The van der Waals surface area contributed by atoms with Crippen molar-refractivity contribution < 1.29 is 4.79 Å². The van der Waals surface area contributed by atoms with E-state index in [1.165, 1.54) is 22.2 Å². The van der Waals surface area contributed by atoms with E-state index in [4.69, 9.17) is 0 Å². The molecule has 0 unspecified atom stereocenters. The minimum Gasteiger partial charge on any atom is -0.325 e. The van der Waals surface area contributed by atoms with Crippen LogP contribution in [0.5, 0.6) is 0 Å². The lowest BCUT2D eigenvalue weighted by atomic mass is 10.1. The summed E-state index contributed by atoms with van der Waals surface area (Å²) in [5.41, 5.74) is 3.48. The van der Waals surface area contributed by atoms with Crippen LogP contribution in [0.1, 0.15) is 12.5 Å². The molecule has 2 heterocycles. The lowest BCUT2D eigenvalue weighted by Gasteiger charge is -2.09. The molecule has 0 atom stereocenters. The summed E-state index contributed by atoms with van der Waals surface area (Å²) in [7, 11) is 0. The highest BCUT2D eigenvalue weighted by Crippen LogP contribution is 2.30. The van der Waals surface area contributed by atoms with E-state index in [2.05, 4.69) is 17.2 Å². The monoisotopic (exact) mass is 389 g/mol. The van der Waals surface area contributed by atoms with Crippen LogP contribution in [0.2, 0.25) is 0 Å². The van der Waals surface area contributed by atoms with Gasteiger partial charge in [0.25, 0.3) is 5.56 Å². The van der Waals surface area contributed by atoms with E-state index >= 15 is 0 Å². The number of aryl methyl sites for hydroxylation is 1. The van der Waals surface area contributed by atoms with E-state index in [0.717, 1.165) is 28.8 Å². The highest BCUT2D eigenvalue weighted by molar-refractivity contribution is 7.17. The Morgan fingerprint density at radius 2 is 1.96 bits per heavy atom. The summed E-state index contributed by atoms with van der Waals surface area (Å²) in [6.07, 6.45) is 2.34. The van der Waals surface area contributed by atoms with Gasteiger partial charge in [-0.05, 0) is 29.7 Å². The predicted molar refractivity (Wildman–Crippen MR) is 114 cm³/mol. The van der Waals surface area contributed by atoms with E-state index in [-0.39, 0.29) is 18.0 Å². The number of carbonyl (C=O) groups excluding carboxylic acids is 1. The lowest BCUT2D eigenvalue weighted by molar-refractivity contribution is -0.116. The highest BCUT2D eigenvalue weighted by Gasteiger charge is 2.14. The van der Waals surface area contributed by atoms with Gasteiger partial charge >= 0.3 is 0 Å². The van der Waals surface area contributed by atoms with Crippen LogP contribution in [-0.4, -0.2) is 15.5 Å². The molecule has 6 heteroatoms. The minimum absolute atomic E-state index is 0.0811. The number of aromatic nitrogens is 2. The molecule has 5 nitrogen and oxygen atoms in total. The van der Waals surface area contributed by atoms with E-state index in [9.17, 15) is 9.59 Å². The number of hydrogen-bond donors (Lipinski definition) is 1. The second-order valence-corrected chi connectivity index (χ2v) is 7.33. The Bertz CT molecular complexity index is 1200. The van der Waals surface area contributed by atoms with Gasteiger partial charge in [0.1, 0.15) is 11.4 Å². The summed E-state index contributed by atoms with van der Waals surface area (Å²) in [6.45, 7) is 1.98. The van der Waals surface area contributed by atoms with E-state index in [0.29, 0.717) is 10.2 Å². The summed E-state index contributed by atoms with van der Waals surface area (Å²) in [5.74, 6) is -0.256. The van der Waals surface area contributed by atoms with Crippen LogP contribution in [0, 0.1) is 0 Å². The molecule has 28 heavy (non-hydrogen) atoms. The average molecular weight is 389 g/mol. The normalized spacial score (nSPS) is 10.9. The van der Waals surface area contributed by atoms with Crippen molar-refractivity contribution in [3.05, 3.63) is 82.2 Å². The third-order valence-electron chi connectivity index (χ3n) is 4.58. The molecule has 0 spiro atoms. The summed E-state index contributed by atoms with van der Waals surface area (Å²) >= 11 is 1.43. The molecule has 0 radical (unpaired) electrons. The highest BCUT2D eigenvalue weighted by atomic mass is 32.1. The average Bonchev–Trinajstić information content (AvgIpc) is 3.16. The second kappa shape index (κ2) is 7.78. The first-order valence-electron chi connectivity index (χ1n) is 9.06. The van der Waals surface area contributed by atoms with Crippen LogP contribution in [0.25, 0.3) is 21.3 Å². The quantitative estimate of drug-likeness (QED) is 0.553. The van der Waals surface area contributed by atoms with Gasteiger partial charge < -0.3 is 5.32 Å². The van der Waals surface area contributed by atoms with Crippen molar-refractivity contribution in [3.63, 3.8) is 0 Å². The number of nitrogens with zero attached hydrogens (tertiary/aromatic N) is 2. The number of amides is 1. The van der Waals surface area contributed by atoms with Gasteiger partial charge in [0.15, 0.2) is 0 Å². The zero-order chi connectivity index (χ0) is 19.5. The van der Waals surface area contributed by atoms with Gasteiger partial charge in [0, 0.05) is 16.6 Å². The number of anilines is 1. The van der Waals surface area contributed by atoms with Crippen molar-refractivity contribution in [3.8, 4) is 11.1 Å². The number of rotatable bonds is 5. The van der Waals surface area contributed by atoms with E-state index < -0.39 is 0 Å². The summed E-state index contributed by atoms with van der Waals surface area (Å²) < 4.78 is 1.36. The minimum atomic E-state index is -0.256. The van der Waals surface area contributed by atoms with Gasteiger partial charge in [0.05, 0.1) is 11.7 Å². The van der Waals surface area contributed by atoms with Crippen LogP contribution < -0.4 is 10.9 Å². The standard InChI is InChI=1S/C22H19N3O2S/c1-2-15-7-6-10-17(11-15)24-19(26)12-25-14-23-21-20(22(25)27)18(13-28-21)16-8-4-3-5-9-16/h3-11,13-14H,2,12H2,1H3,(H,24,26). The van der Waals surface area contributed by atoms with Gasteiger partial charge in [-0.3, -0.25) is 14.2 Å². The molecule has 1 N–H and O–H groups in total. The van der Waals surface area contributed by atoms with Crippen LogP contribution in [-0.2, 0) is 17.8 Å². The third-order valence-corrected chi connectivity index (χ3v) is 5.46. The van der Waals surface area contributed by atoms with Crippen molar-refractivity contribution in [2.24, 2.45) is 0 Å². The van der Waals surface area contributed by atoms with E-state index in [1.54, 1.807) is 0 Å². The fourth-order valence-electron chi connectivity index (χ4n) is 3.13. The molecular weight excluding hydrogens is 370 g/mol. The fraction of sp³-hybridized carbons (Fsp3) is 0.136. The molecule has 4 aromatic rings. The number of carbonyl (C=O) groups is 1. The number of hydrogen-bond acceptors (Lipinski definition) is 4. The smallest absolute Gasteiger partial charge is 0.263 e. The number of thiophene rings is 1. The Morgan fingerprint density at radius 1 is 1.14 bits per heavy atom. The third kappa shape index (κ3) is 3.59. The van der Waals surface area contributed by atoms with Crippen molar-refractivity contribution in [1.82, 2.24) is 9.55 Å². The van der Waals surface area contributed by atoms with Gasteiger partial charge in [-0.15, -0.1) is 11.3 Å². The van der Waals surface area contributed by atoms with Crippen LogP contribution in [0.15, 0.2) is 71.1 Å². The van der Waals surface area contributed by atoms with Gasteiger partial charge in [-0.2, -0.15) is 0 Å². The summed E-state index contributed by atoms with van der Waals surface area (Å²) in [4.78, 5) is 30.5. The Kier molecular flexibility index (Phi) is 5.04. The SMILES string of the molecule is CCc1cccc(NC(=O)Cn2cnc3scc(-c4ccccc4)c3c2=O)c1.